The average Bonchev–Trinajstić information content (AvgIpc) is 2.57. The Morgan fingerprint density at radius 3 is 2.44 bits per heavy atom. The topological polar surface area (TPSA) is 81.2 Å². The second-order valence-corrected chi connectivity index (χ2v) is 5.20. The molecule has 1 amide bonds. The van der Waals surface area contributed by atoms with Gasteiger partial charge in [0.1, 0.15) is 5.76 Å². The summed E-state index contributed by atoms with van der Waals surface area (Å²) >= 11 is 0. The first-order valence-corrected chi connectivity index (χ1v) is 6.31. The Bertz CT molecular complexity index is 393. The number of carbonyl (C=O) groups excluding carboxylic acids is 1. The highest BCUT2D eigenvalue weighted by molar-refractivity contribution is 5.81. The average molecular weight is 253 g/mol. The van der Waals surface area contributed by atoms with Crippen LogP contribution < -0.4 is 11.1 Å². The monoisotopic (exact) mass is 253 g/mol. The number of hydrogen-bond donors (Lipinski definition) is 2. The van der Waals surface area contributed by atoms with Gasteiger partial charge < -0.3 is 15.6 Å². The van der Waals surface area contributed by atoms with E-state index in [0.717, 1.165) is 17.0 Å². The molecular weight excluding hydrogens is 230 g/mol. The van der Waals surface area contributed by atoms with Gasteiger partial charge in [0, 0.05) is 5.56 Å². The van der Waals surface area contributed by atoms with E-state index in [4.69, 9.17) is 10.3 Å². The summed E-state index contributed by atoms with van der Waals surface area (Å²) in [6.07, 6.45) is 0.681. The van der Waals surface area contributed by atoms with Crippen molar-refractivity contribution in [3.05, 3.63) is 17.0 Å². The maximum Gasteiger partial charge on any atom is 0.237 e. The van der Waals surface area contributed by atoms with Crippen LogP contribution in [0.2, 0.25) is 0 Å². The van der Waals surface area contributed by atoms with Crippen molar-refractivity contribution >= 4 is 5.91 Å². The zero-order chi connectivity index (χ0) is 13.9. The van der Waals surface area contributed by atoms with E-state index in [9.17, 15) is 4.79 Å². The van der Waals surface area contributed by atoms with E-state index in [-0.39, 0.29) is 11.9 Å². The maximum atomic E-state index is 11.9. The number of nitrogens with one attached hydrogen (secondary N) is 1. The van der Waals surface area contributed by atoms with Crippen molar-refractivity contribution in [1.82, 2.24) is 10.5 Å². The van der Waals surface area contributed by atoms with Crippen molar-refractivity contribution in [1.29, 1.82) is 0 Å². The lowest BCUT2D eigenvalue weighted by atomic mass is 10.0. The zero-order valence-corrected chi connectivity index (χ0v) is 11.8. The third kappa shape index (κ3) is 3.57. The molecule has 0 aliphatic rings. The first kappa shape index (κ1) is 14.7. The van der Waals surface area contributed by atoms with E-state index >= 15 is 0 Å². The van der Waals surface area contributed by atoms with Crippen molar-refractivity contribution in [2.45, 2.75) is 53.1 Å². The number of rotatable bonds is 5. The standard InChI is InChI=1S/C13H23N3O2/c1-7(2)6-11(14)13(17)15-8(3)12-9(4)16-18-10(12)5/h7-8,11H,6,14H2,1-5H3,(H,15,17)/t8?,11-/m1/s1. The molecule has 1 unspecified atom stereocenters. The van der Waals surface area contributed by atoms with Gasteiger partial charge in [0.25, 0.3) is 0 Å². The minimum Gasteiger partial charge on any atom is -0.361 e. The summed E-state index contributed by atoms with van der Waals surface area (Å²) in [5.74, 6) is 1.01. The SMILES string of the molecule is Cc1noc(C)c1C(C)NC(=O)[C@H](N)CC(C)C. The lowest BCUT2D eigenvalue weighted by Gasteiger charge is -2.18. The van der Waals surface area contributed by atoms with Crippen molar-refractivity contribution in [2.24, 2.45) is 11.7 Å². The summed E-state index contributed by atoms with van der Waals surface area (Å²) in [5, 5.41) is 6.79. The molecule has 1 rings (SSSR count). The zero-order valence-electron chi connectivity index (χ0n) is 11.8. The van der Waals surface area contributed by atoms with Crippen LogP contribution in [0.5, 0.6) is 0 Å². The van der Waals surface area contributed by atoms with Crippen molar-refractivity contribution in [2.75, 3.05) is 0 Å². The Labute approximate surface area is 108 Å². The lowest BCUT2D eigenvalue weighted by molar-refractivity contribution is -0.123. The second kappa shape index (κ2) is 6.00. The smallest absolute Gasteiger partial charge is 0.237 e. The fourth-order valence-corrected chi connectivity index (χ4v) is 2.12. The second-order valence-electron chi connectivity index (χ2n) is 5.20. The van der Waals surface area contributed by atoms with Crippen LogP contribution >= 0.6 is 0 Å². The van der Waals surface area contributed by atoms with Gasteiger partial charge in [-0.1, -0.05) is 19.0 Å². The molecule has 0 aromatic carbocycles. The van der Waals surface area contributed by atoms with Crippen LogP contribution in [0.25, 0.3) is 0 Å². The highest BCUT2D eigenvalue weighted by atomic mass is 16.5. The van der Waals surface area contributed by atoms with Gasteiger partial charge in [-0.3, -0.25) is 4.79 Å². The van der Waals surface area contributed by atoms with E-state index in [1.807, 2.05) is 34.6 Å². The first-order chi connectivity index (χ1) is 8.32. The molecule has 1 aromatic rings. The van der Waals surface area contributed by atoms with Gasteiger partial charge in [-0.05, 0) is 33.1 Å². The maximum absolute atomic E-state index is 11.9. The molecule has 0 aliphatic heterocycles. The lowest BCUT2D eigenvalue weighted by Crippen LogP contribution is -2.42. The molecule has 0 spiro atoms. The van der Waals surface area contributed by atoms with Gasteiger partial charge in [-0.2, -0.15) is 0 Å². The van der Waals surface area contributed by atoms with Crippen LogP contribution in [-0.2, 0) is 4.79 Å². The molecule has 5 nitrogen and oxygen atoms in total. The fourth-order valence-electron chi connectivity index (χ4n) is 2.12. The van der Waals surface area contributed by atoms with Crippen molar-refractivity contribution < 1.29 is 9.32 Å². The molecule has 5 heteroatoms. The van der Waals surface area contributed by atoms with Crippen LogP contribution in [0, 0.1) is 19.8 Å². The van der Waals surface area contributed by atoms with Crippen LogP contribution in [0.1, 0.15) is 50.3 Å². The van der Waals surface area contributed by atoms with E-state index in [2.05, 4.69) is 10.5 Å². The third-order valence-electron chi connectivity index (χ3n) is 2.94. The van der Waals surface area contributed by atoms with Crippen LogP contribution in [0.3, 0.4) is 0 Å². The van der Waals surface area contributed by atoms with Crippen molar-refractivity contribution in [3.8, 4) is 0 Å². The van der Waals surface area contributed by atoms with Crippen LogP contribution in [0.4, 0.5) is 0 Å². The largest absolute Gasteiger partial charge is 0.361 e. The van der Waals surface area contributed by atoms with Crippen molar-refractivity contribution in [3.63, 3.8) is 0 Å². The predicted molar refractivity (Wildman–Crippen MR) is 70.0 cm³/mol. The minimum atomic E-state index is -0.465. The number of aromatic nitrogens is 1. The third-order valence-corrected chi connectivity index (χ3v) is 2.94. The van der Waals surface area contributed by atoms with Gasteiger partial charge >= 0.3 is 0 Å². The van der Waals surface area contributed by atoms with Crippen LogP contribution in [-0.4, -0.2) is 17.1 Å². The Hall–Kier alpha value is -1.36. The summed E-state index contributed by atoms with van der Waals surface area (Å²) in [4.78, 5) is 11.9. The molecule has 1 aromatic heterocycles. The number of nitrogens with two attached hydrogens (primary N) is 1. The van der Waals surface area contributed by atoms with Gasteiger partial charge in [-0.25, -0.2) is 0 Å². The Morgan fingerprint density at radius 1 is 1.39 bits per heavy atom. The molecule has 1 heterocycles. The van der Waals surface area contributed by atoms with E-state index in [1.54, 1.807) is 0 Å². The Kier molecular flexibility index (Phi) is 4.90. The number of hydrogen-bond acceptors (Lipinski definition) is 4. The number of carbonyl (C=O) groups is 1. The fraction of sp³-hybridized carbons (Fsp3) is 0.692. The molecule has 0 radical (unpaired) electrons. The molecule has 102 valence electrons. The van der Waals surface area contributed by atoms with E-state index in [1.165, 1.54) is 0 Å². The molecule has 0 fully saturated rings. The van der Waals surface area contributed by atoms with Gasteiger partial charge in [-0.15, -0.1) is 0 Å². The van der Waals surface area contributed by atoms with E-state index in [0.29, 0.717) is 12.3 Å². The molecule has 0 saturated heterocycles. The van der Waals surface area contributed by atoms with Gasteiger partial charge in [0.2, 0.25) is 5.91 Å². The van der Waals surface area contributed by atoms with E-state index < -0.39 is 6.04 Å². The molecule has 0 bridgehead atoms. The number of aryl methyl sites for hydroxylation is 2. The minimum absolute atomic E-state index is 0.129. The molecule has 2 atom stereocenters. The predicted octanol–water partition coefficient (Wildman–Crippen LogP) is 1.84. The number of nitrogens with zero attached hydrogens (tertiary/aromatic N) is 1. The summed E-state index contributed by atoms with van der Waals surface area (Å²) < 4.78 is 5.09. The van der Waals surface area contributed by atoms with Crippen LogP contribution in [0.15, 0.2) is 4.52 Å². The Balaban J connectivity index is 2.65. The molecule has 0 aliphatic carbocycles. The molecular formula is C13H23N3O2. The van der Waals surface area contributed by atoms with Gasteiger partial charge in [0.05, 0.1) is 17.8 Å². The molecule has 18 heavy (non-hydrogen) atoms. The summed E-state index contributed by atoms with van der Waals surface area (Å²) in [6.45, 7) is 9.71. The normalized spacial score (nSPS) is 14.6. The number of amides is 1. The summed E-state index contributed by atoms with van der Waals surface area (Å²) in [6, 6.07) is -0.602. The molecule has 3 N–H and O–H groups in total. The highest BCUT2D eigenvalue weighted by Crippen LogP contribution is 2.21. The Morgan fingerprint density at radius 2 is 2.00 bits per heavy atom. The summed E-state index contributed by atoms with van der Waals surface area (Å²) in [7, 11) is 0. The highest BCUT2D eigenvalue weighted by Gasteiger charge is 2.21. The molecule has 0 saturated carbocycles. The van der Waals surface area contributed by atoms with Gasteiger partial charge in [0.15, 0.2) is 0 Å². The summed E-state index contributed by atoms with van der Waals surface area (Å²) in [5.41, 5.74) is 7.58. The first-order valence-electron chi connectivity index (χ1n) is 6.31. The quantitative estimate of drug-likeness (QED) is 0.839.